The standard InChI is InChI=1S/C15H22BNO4/c1-10(18)17-12-9-11(7-8-13(12)19-6)16-20-14(2,3)15(4,5)21-16/h7-9H,1-6H3,(H,17,18). The normalized spacial score (nSPS) is 19.4. The van der Waals surface area contributed by atoms with E-state index in [2.05, 4.69) is 5.32 Å². The maximum Gasteiger partial charge on any atom is 0.494 e. The van der Waals surface area contributed by atoms with Gasteiger partial charge in [0.15, 0.2) is 0 Å². The number of nitrogens with one attached hydrogen (secondary N) is 1. The summed E-state index contributed by atoms with van der Waals surface area (Å²) in [6, 6.07) is 5.50. The number of amides is 1. The van der Waals surface area contributed by atoms with Gasteiger partial charge in [-0.25, -0.2) is 0 Å². The van der Waals surface area contributed by atoms with E-state index in [0.717, 1.165) is 5.46 Å². The zero-order valence-electron chi connectivity index (χ0n) is 13.4. The molecule has 6 heteroatoms. The molecule has 5 nitrogen and oxygen atoms in total. The Morgan fingerprint density at radius 2 is 1.76 bits per heavy atom. The summed E-state index contributed by atoms with van der Waals surface area (Å²) in [5.41, 5.74) is 0.660. The molecule has 0 unspecified atom stereocenters. The number of ether oxygens (including phenoxy) is 1. The topological polar surface area (TPSA) is 56.8 Å². The fraction of sp³-hybridized carbons (Fsp3) is 0.533. The summed E-state index contributed by atoms with van der Waals surface area (Å²) in [5, 5.41) is 2.75. The Balaban J connectivity index is 2.32. The second kappa shape index (κ2) is 5.35. The third-order valence-corrected chi connectivity index (χ3v) is 4.06. The van der Waals surface area contributed by atoms with Crippen LogP contribution in [-0.4, -0.2) is 31.3 Å². The van der Waals surface area contributed by atoms with Gasteiger partial charge >= 0.3 is 7.12 Å². The number of rotatable bonds is 3. The van der Waals surface area contributed by atoms with Crippen LogP contribution < -0.4 is 15.5 Å². The Bertz CT molecular complexity index is 541. The minimum Gasteiger partial charge on any atom is -0.495 e. The lowest BCUT2D eigenvalue weighted by Gasteiger charge is -2.32. The average Bonchev–Trinajstić information content (AvgIpc) is 2.57. The van der Waals surface area contributed by atoms with Crippen molar-refractivity contribution < 1.29 is 18.8 Å². The van der Waals surface area contributed by atoms with Gasteiger partial charge in [-0.15, -0.1) is 0 Å². The zero-order chi connectivity index (χ0) is 15.8. The van der Waals surface area contributed by atoms with Crippen molar-refractivity contribution in [3.8, 4) is 5.75 Å². The fourth-order valence-electron chi connectivity index (χ4n) is 2.14. The van der Waals surface area contributed by atoms with Crippen LogP contribution in [0.15, 0.2) is 18.2 Å². The van der Waals surface area contributed by atoms with Gasteiger partial charge in [-0.05, 0) is 45.3 Å². The van der Waals surface area contributed by atoms with Crippen molar-refractivity contribution in [2.75, 3.05) is 12.4 Å². The van der Waals surface area contributed by atoms with Crippen LogP contribution in [0, 0.1) is 0 Å². The molecule has 1 fully saturated rings. The molecule has 1 aliphatic heterocycles. The molecule has 1 aliphatic rings. The van der Waals surface area contributed by atoms with E-state index in [4.69, 9.17) is 14.0 Å². The van der Waals surface area contributed by atoms with E-state index in [1.165, 1.54) is 6.92 Å². The van der Waals surface area contributed by atoms with E-state index in [9.17, 15) is 4.79 Å². The maximum absolute atomic E-state index is 11.3. The Labute approximate surface area is 126 Å². The van der Waals surface area contributed by atoms with Crippen molar-refractivity contribution in [1.29, 1.82) is 0 Å². The first kappa shape index (κ1) is 15.9. The van der Waals surface area contributed by atoms with Gasteiger partial charge < -0.3 is 19.4 Å². The molecule has 0 aliphatic carbocycles. The minimum absolute atomic E-state index is 0.153. The summed E-state index contributed by atoms with van der Waals surface area (Å²) in [6.45, 7) is 9.48. The number of methoxy groups -OCH3 is 1. The second-order valence-electron chi connectivity index (χ2n) is 6.23. The van der Waals surface area contributed by atoms with Crippen molar-refractivity contribution in [2.24, 2.45) is 0 Å². The molecule has 0 bridgehead atoms. The SMILES string of the molecule is COc1ccc(B2OC(C)(C)C(C)(C)O2)cc1NC(C)=O. The van der Waals surface area contributed by atoms with Crippen LogP contribution in [0.4, 0.5) is 5.69 Å². The van der Waals surface area contributed by atoms with Crippen molar-refractivity contribution in [2.45, 2.75) is 45.8 Å². The van der Waals surface area contributed by atoms with Crippen molar-refractivity contribution in [3.05, 3.63) is 18.2 Å². The quantitative estimate of drug-likeness (QED) is 0.865. The number of anilines is 1. The molecule has 0 atom stereocenters. The smallest absolute Gasteiger partial charge is 0.494 e. The zero-order valence-corrected chi connectivity index (χ0v) is 13.4. The molecular formula is C15H22BNO4. The third-order valence-electron chi connectivity index (χ3n) is 4.06. The highest BCUT2D eigenvalue weighted by atomic mass is 16.7. The van der Waals surface area contributed by atoms with E-state index in [1.54, 1.807) is 13.2 Å². The Morgan fingerprint density at radius 3 is 2.24 bits per heavy atom. The first-order chi connectivity index (χ1) is 9.66. The lowest BCUT2D eigenvalue weighted by Crippen LogP contribution is -2.41. The van der Waals surface area contributed by atoms with E-state index < -0.39 is 18.3 Å². The second-order valence-corrected chi connectivity index (χ2v) is 6.23. The van der Waals surface area contributed by atoms with E-state index >= 15 is 0 Å². The predicted octanol–water partition coefficient (Wildman–Crippen LogP) is 1.95. The molecule has 0 spiro atoms. The van der Waals surface area contributed by atoms with Gasteiger partial charge in [0.2, 0.25) is 5.91 Å². The summed E-state index contributed by atoms with van der Waals surface area (Å²) >= 11 is 0. The van der Waals surface area contributed by atoms with Gasteiger partial charge in [0.1, 0.15) is 5.75 Å². The molecule has 0 radical (unpaired) electrons. The molecule has 1 aromatic rings. The Morgan fingerprint density at radius 1 is 1.19 bits per heavy atom. The molecule has 1 N–H and O–H groups in total. The Hall–Kier alpha value is -1.53. The lowest BCUT2D eigenvalue weighted by atomic mass is 9.79. The molecule has 114 valence electrons. The number of benzene rings is 1. The van der Waals surface area contributed by atoms with Gasteiger partial charge in [-0.1, -0.05) is 6.07 Å². The van der Waals surface area contributed by atoms with Crippen LogP contribution in [-0.2, 0) is 14.1 Å². The highest BCUT2D eigenvalue weighted by molar-refractivity contribution is 6.62. The number of hydrogen-bond acceptors (Lipinski definition) is 4. The molecule has 1 heterocycles. The molecule has 21 heavy (non-hydrogen) atoms. The van der Waals surface area contributed by atoms with E-state index in [0.29, 0.717) is 11.4 Å². The summed E-state index contributed by atoms with van der Waals surface area (Å²) in [5.74, 6) is 0.449. The lowest BCUT2D eigenvalue weighted by molar-refractivity contribution is -0.114. The van der Waals surface area contributed by atoms with E-state index in [1.807, 2.05) is 39.8 Å². The summed E-state index contributed by atoms with van der Waals surface area (Å²) in [7, 11) is 1.10. The monoisotopic (exact) mass is 291 g/mol. The highest BCUT2D eigenvalue weighted by Gasteiger charge is 2.51. The molecule has 1 aromatic carbocycles. The Kier molecular flexibility index (Phi) is 4.04. The van der Waals surface area contributed by atoms with Crippen LogP contribution >= 0.6 is 0 Å². The molecule has 1 amide bonds. The number of hydrogen-bond donors (Lipinski definition) is 1. The van der Waals surface area contributed by atoms with Crippen LogP contribution in [0.3, 0.4) is 0 Å². The first-order valence-electron chi connectivity index (χ1n) is 6.97. The minimum atomic E-state index is -0.464. The average molecular weight is 291 g/mol. The highest BCUT2D eigenvalue weighted by Crippen LogP contribution is 2.37. The molecular weight excluding hydrogens is 269 g/mol. The van der Waals surface area contributed by atoms with Crippen LogP contribution in [0.2, 0.25) is 0 Å². The maximum atomic E-state index is 11.3. The molecule has 0 aromatic heterocycles. The number of carbonyl (C=O) groups excluding carboxylic acids is 1. The van der Waals surface area contributed by atoms with E-state index in [-0.39, 0.29) is 5.91 Å². The van der Waals surface area contributed by atoms with Crippen LogP contribution in [0.25, 0.3) is 0 Å². The first-order valence-corrected chi connectivity index (χ1v) is 6.97. The van der Waals surface area contributed by atoms with Crippen molar-refractivity contribution >= 4 is 24.2 Å². The van der Waals surface area contributed by atoms with Gasteiger partial charge in [0.25, 0.3) is 0 Å². The van der Waals surface area contributed by atoms with Gasteiger partial charge in [-0.2, -0.15) is 0 Å². The van der Waals surface area contributed by atoms with Gasteiger partial charge in [0, 0.05) is 6.92 Å². The van der Waals surface area contributed by atoms with Crippen molar-refractivity contribution in [1.82, 2.24) is 0 Å². The van der Waals surface area contributed by atoms with Crippen LogP contribution in [0.5, 0.6) is 5.75 Å². The fourth-order valence-corrected chi connectivity index (χ4v) is 2.14. The van der Waals surface area contributed by atoms with Crippen LogP contribution in [0.1, 0.15) is 34.6 Å². The van der Waals surface area contributed by atoms with Gasteiger partial charge in [-0.3, -0.25) is 4.79 Å². The number of carbonyl (C=O) groups is 1. The van der Waals surface area contributed by atoms with Gasteiger partial charge in [0.05, 0.1) is 24.0 Å². The summed E-state index contributed by atoms with van der Waals surface area (Å²) < 4.78 is 17.3. The summed E-state index contributed by atoms with van der Waals surface area (Å²) in [4.78, 5) is 11.3. The van der Waals surface area contributed by atoms with Crippen molar-refractivity contribution in [3.63, 3.8) is 0 Å². The molecule has 2 rings (SSSR count). The molecule has 1 saturated heterocycles. The molecule has 0 saturated carbocycles. The third kappa shape index (κ3) is 3.06. The largest absolute Gasteiger partial charge is 0.495 e. The predicted molar refractivity (Wildman–Crippen MR) is 83.0 cm³/mol. The summed E-state index contributed by atoms with van der Waals surface area (Å²) in [6.07, 6.45) is 0.